The molecule has 7 nitrogen and oxygen atoms in total. The molecule has 2 atom stereocenters. The van der Waals surface area contributed by atoms with Gasteiger partial charge in [0, 0.05) is 12.4 Å². The van der Waals surface area contributed by atoms with Gasteiger partial charge in [0.2, 0.25) is 0 Å². The maximum absolute atomic E-state index is 11.5. The molecule has 0 N–H and O–H groups in total. The zero-order chi connectivity index (χ0) is 15.8. The summed E-state index contributed by atoms with van der Waals surface area (Å²) < 4.78 is 37.3. The topological polar surface area (TPSA) is 124 Å². The van der Waals surface area contributed by atoms with Gasteiger partial charge < -0.3 is 19.2 Å². The first-order valence-corrected chi connectivity index (χ1v) is 8.00. The van der Waals surface area contributed by atoms with Crippen molar-refractivity contribution in [2.75, 3.05) is 6.61 Å². The van der Waals surface area contributed by atoms with Crippen molar-refractivity contribution >= 4 is 22.1 Å². The monoisotopic (exact) mass is 386 g/mol. The number of carbonyl (C=O) groups excluding carboxylic acids is 2. The van der Waals surface area contributed by atoms with Crippen LogP contribution in [0.2, 0.25) is 0 Å². The predicted molar refractivity (Wildman–Crippen MR) is 67.4 cm³/mol. The summed E-state index contributed by atoms with van der Waals surface area (Å²) in [5.74, 6) is -3.04. The van der Waals surface area contributed by atoms with E-state index in [1.807, 2.05) is 13.8 Å². The fourth-order valence-corrected chi connectivity index (χ4v) is 2.29. The largest absolute Gasteiger partial charge is 1.00 e. The number of esters is 1. The van der Waals surface area contributed by atoms with Crippen LogP contribution in [0.15, 0.2) is 0 Å². The van der Waals surface area contributed by atoms with Gasteiger partial charge in [-0.15, -0.1) is 0 Å². The van der Waals surface area contributed by atoms with Crippen LogP contribution in [0.3, 0.4) is 0 Å². The molecule has 0 spiro atoms. The van der Waals surface area contributed by atoms with Gasteiger partial charge >= 0.3 is 109 Å². The smallest absolute Gasteiger partial charge is 0.747 e. The van der Waals surface area contributed by atoms with Gasteiger partial charge in [0.1, 0.15) is 10.1 Å². The summed E-state index contributed by atoms with van der Waals surface area (Å²) >= 11 is 0. The van der Waals surface area contributed by atoms with Crippen LogP contribution in [0.1, 0.15) is 46.0 Å². The van der Waals surface area contributed by atoms with E-state index in [-0.39, 0.29) is 115 Å². The van der Waals surface area contributed by atoms with Crippen LogP contribution in [-0.2, 0) is 24.4 Å². The number of carbonyl (C=O) groups is 2. The normalized spacial score (nSPS) is 13.2. The third-order valence-corrected chi connectivity index (χ3v) is 4.02. The van der Waals surface area contributed by atoms with Gasteiger partial charge in [0.25, 0.3) is 0 Å². The van der Waals surface area contributed by atoms with Crippen LogP contribution in [0, 0.1) is 5.92 Å². The molecule has 22 heavy (non-hydrogen) atoms. The minimum absolute atomic E-state index is 0. The Balaban J connectivity index is -0.00000180. The summed E-state index contributed by atoms with van der Waals surface area (Å²) in [5.41, 5.74) is 0. The van der Waals surface area contributed by atoms with Gasteiger partial charge in [0.15, 0.2) is 5.25 Å². The van der Waals surface area contributed by atoms with E-state index in [9.17, 15) is 27.7 Å². The Morgan fingerprint density at radius 1 is 1.18 bits per heavy atom. The number of ether oxygens (including phenoxy) is 1. The summed E-state index contributed by atoms with van der Waals surface area (Å²) in [6.45, 7) is 3.89. The molecule has 0 aromatic heterocycles. The molecule has 0 fully saturated rings. The van der Waals surface area contributed by atoms with Crippen LogP contribution in [0.4, 0.5) is 0 Å². The van der Waals surface area contributed by atoms with Crippen LogP contribution in [0.25, 0.3) is 0 Å². The summed E-state index contributed by atoms with van der Waals surface area (Å²) in [6, 6.07) is 0. The Labute approximate surface area is 216 Å². The summed E-state index contributed by atoms with van der Waals surface area (Å²) in [5, 5.41) is 8.13. The van der Waals surface area contributed by atoms with Gasteiger partial charge in [0.05, 0.1) is 6.61 Å². The van der Waals surface area contributed by atoms with E-state index in [0.29, 0.717) is 0 Å². The molecule has 0 aliphatic rings. The van der Waals surface area contributed by atoms with E-state index in [1.165, 1.54) is 0 Å². The zero-order valence-electron chi connectivity index (χ0n) is 13.7. The van der Waals surface area contributed by atoms with Crippen LogP contribution >= 0.6 is 0 Å². The Morgan fingerprint density at radius 2 is 1.73 bits per heavy atom. The quantitative estimate of drug-likeness (QED) is 0.208. The number of aliphatic carboxylic acids is 1. The van der Waals surface area contributed by atoms with E-state index in [1.54, 1.807) is 0 Å². The van der Waals surface area contributed by atoms with Crippen LogP contribution < -0.4 is 108 Å². The van der Waals surface area contributed by atoms with Crippen molar-refractivity contribution in [1.82, 2.24) is 0 Å². The van der Waals surface area contributed by atoms with Crippen molar-refractivity contribution in [3.8, 4) is 0 Å². The summed E-state index contributed by atoms with van der Waals surface area (Å²) in [7, 11) is -5.08. The van der Waals surface area contributed by atoms with Gasteiger partial charge in [-0.2, -0.15) is 0 Å². The molecular weight excluding hydrogens is 366 g/mol. The standard InChI is InChI=1S/C12H22O7S.2K/c1-3-5-6-9(4-2)8-19-12(15)10(7-11(13)14)20(16,17)18;;/h9-10H,3-8H2,1-2H3,(H,13,14)(H,16,17,18);;/q;2*+1/p-2. The van der Waals surface area contributed by atoms with E-state index >= 15 is 0 Å². The average Bonchev–Trinajstić information content (AvgIpc) is 2.34. The third kappa shape index (κ3) is 13.4. The minimum Gasteiger partial charge on any atom is -0.747 e. The molecule has 0 rings (SSSR count). The molecule has 0 heterocycles. The van der Waals surface area contributed by atoms with E-state index < -0.39 is 33.7 Å². The second-order valence-corrected chi connectivity index (χ2v) is 6.16. The summed E-state index contributed by atoms with van der Waals surface area (Å²) in [4.78, 5) is 21.9. The molecule has 2 unspecified atom stereocenters. The van der Waals surface area contributed by atoms with E-state index in [4.69, 9.17) is 4.74 Å². The number of unbranched alkanes of at least 4 members (excludes halogenated alkanes) is 1. The van der Waals surface area contributed by atoms with Gasteiger partial charge in [-0.25, -0.2) is 8.42 Å². The Bertz CT molecular complexity index is 425. The number of hydrogen-bond acceptors (Lipinski definition) is 7. The first-order chi connectivity index (χ1) is 9.22. The fraction of sp³-hybridized carbons (Fsp3) is 0.833. The van der Waals surface area contributed by atoms with Crippen LogP contribution in [0.5, 0.6) is 0 Å². The number of carboxylic acid groups (broad SMARTS) is 1. The fourth-order valence-electron chi connectivity index (χ4n) is 1.65. The van der Waals surface area contributed by atoms with Crippen LogP contribution in [-0.4, -0.2) is 36.8 Å². The second-order valence-electron chi connectivity index (χ2n) is 4.60. The van der Waals surface area contributed by atoms with Crippen molar-refractivity contribution in [2.24, 2.45) is 5.92 Å². The van der Waals surface area contributed by atoms with Crippen molar-refractivity contribution in [1.29, 1.82) is 0 Å². The maximum Gasteiger partial charge on any atom is 1.00 e. The number of hydrogen-bond donors (Lipinski definition) is 0. The number of rotatable bonds is 10. The van der Waals surface area contributed by atoms with Crippen molar-refractivity contribution in [2.45, 2.75) is 51.2 Å². The molecule has 0 bridgehead atoms. The SMILES string of the molecule is CCCCC(CC)COC(=O)C(CC(=O)[O-])S(=O)(=O)[O-].[K+].[K+]. The average molecular weight is 387 g/mol. The maximum atomic E-state index is 11.5. The first kappa shape index (κ1) is 28.9. The number of carboxylic acids is 1. The van der Waals surface area contributed by atoms with E-state index in [0.717, 1.165) is 25.7 Å². The van der Waals surface area contributed by atoms with Gasteiger partial charge in [-0.05, 0) is 12.3 Å². The molecule has 0 radical (unpaired) electrons. The molecule has 0 aromatic carbocycles. The molecule has 0 aliphatic carbocycles. The van der Waals surface area contributed by atoms with Crippen molar-refractivity contribution < 1.29 is 135 Å². The summed E-state index contributed by atoms with van der Waals surface area (Å²) in [6.07, 6.45) is 2.29. The molecule has 0 aliphatic heterocycles. The van der Waals surface area contributed by atoms with Gasteiger partial charge in [-0.3, -0.25) is 4.79 Å². The zero-order valence-corrected chi connectivity index (χ0v) is 20.7. The molecule has 0 saturated carbocycles. The van der Waals surface area contributed by atoms with Crippen molar-refractivity contribution in [3.05, 3.63) is 0 Å². The first-order valence-electron chi connectivity index (χ1n) is 6.53. The second kappa shape index (κ2) is 15.4. The Hall–Kier alpha value is 2.12. The third-order valence-electron chi connectivity index (χ3n) is 2.97. The van der Waals surface area contributed by atoms with Gasteiger partial charge in [-0.1, -0.05) is 33.1 Å². The molecule has 118 valence electrons. The molecule has 0 saturated heterocycles. The van der Waals surface area contributed by atoms with E-state index in [2.05, 4.69) is 0 Å². The molecule has 0 aromatic rings. The molecular formula is C12H20K2O7S. The minimum atomic E-state index is -5.08. The molecule has 10 heteroatoms. The molecule has 0 amide bonds. The Morgan fingerprint density at radius 3 is 2.09 bits per heavy atom. The predicted octanol–water partition coefficient (Wildman–Crippen LogP) is -6.19. The Kier molecular flexibility index (Phi) is 20.2. The van der Waals surface area contributed by atoms with Crippen molar-refractivity contribution in [3.63, 3.8) is 0 Å².